The van der Waals surface area contributed by atoms with Crippen LogP contribution in [0.15, 0.2) is 60.7 Å². The van der Waals surface area contributed by atoms with Gasteiger partial charge in [0, 0.05) is 10.4 Å². The molecule has 0 amide bonds. The fourth-order valence-corrected chi connectivity index (χ4v) is 3.04. The third-order valence-electron chi connectivity index (χ3n) is 3.19. The zero-order valence-corrected chi connectivity index (χ0v) is 11.6. The number of thiophene rings is 1. The van der Waals surface area contributed by atoms with Gasteiger partial charge in [0.1, 0.15) is 0 Å². The van der Waals surface area contributed by atoms with E-state index in [4.69, 9.17) is 5.73 Å². The van der Waals surface area contributed by atoms with Gasteiger partial charge in [0.05, 0.1) is 5.00 Å². The minimum absolute atomic E-state index is 0.893. The Morgan fingerprint density at radius 2 is 1.37 bits per heavy atom. The fraction of sp³-hybridized carbons (Fsp3) is 0.0588. The van der Waals surface area contributed by atoms with Crippen LogP contribution in [0.2, 0.25) is 0 Å². The number of benzene rings is 2. The second-order valence-corrected chi connectivity index (χ2v) is 5.87. The van der Waals surface area contributed by atoms with Gasteiger partial charge in [-0.05, 0) is 29.7 Å². The van der Waals surface area contributed by atoms with Crippen LogP contribution in [0, 0.1) is 6.92 Å². The Morgan fingerprint density at radius 3 is 1.95 bits per heavy atom. The molecule has 0 fully saturated rings. The average molecular weight is 265 g/mol. The van der Waals surface area contributed by atoms with E-state index in [2.05, 4.69) is 61.5 Å². The molecule has 0 saturated heterocycles. The van der Waals surface area contributed by atoms with E-state index in [0.29, 0.717) is 0 Å². The van der Waals surface area contributed by atoms with Crippen molar-refractivity contribution in [1.82, 2.24) is 0 Å². The Morgan fingerprint density at radius 1 is 0.789 bits per heavy atom. The minimum atomic E-state index is 0.893. The van der Waals surface area contributed by atoms with Crippen LogP contribution in [0.5, 0.6) is 0 Å². The topological polar surface area (TPSA) is 26.0 Å². The summed E-state index contributed by atoms with van der Waals surface area (Å²) in [4.78, 5) is 1.25. The van der Waals surface area contributed by atoms with Gasteiger partial charge in [0.2, 0.25) is 0 Å². The van der Waals surface area contributed by atoms with Crippen molar-refractivity contribution in [2.45, 2.75) is 6.92 Å². The zero-order chi connectivity index (χ0) is 13.2. The van der Waals surface area contributed by atoms with Gasteiger partial charge in [-0.25, -0.2) is 0 Å². The molecule has 0 aliphatic heterocycles. The maximum absolute atomic E-state index is 6.04. The molecule has 19 heavy (non-hydrogen) atoms. The second kappa shape index (κ2) is 4.90. The van der Waals surface area contributed by atoms with Crippen LogP contribution in [-0.2, 0) is 0 Å². The lowest BCUT2D eigenvalue weighted by Gasteiger charge is -2.04. The lowest BCUT2D eigenvalue weighted by molar-refractivity contribution is 1.59. The summed E-state index contributed by atoms with van der Waals surface area (Å²) >= 11 is 1.64. The fourth-order valence-electron chi connectivity index (χ4n) is 2.23. The first-order valence-corrected chi connectivity index (χ1v) is 7.07. The summed E-state index contributed by atoms with van der Waals surface area (Å²) in [6.07, 6.45) is 0. The summed E-state index contributed by atoms with van der Waals surface area (Å²) in [7, 11) is 0. The van der Waals surface area contributed by atoms with Crippen molar-refractivity contribution in [3.8, 4) is 22.3 Å². The molecule has 0 radical (unpaired) electrons. The summed E-state index contributed by atoms with van der Waals surface area (Å²) in [5, 5.41) is 0.893. The highest BCUT2D eigenvalue weighted by atomic mass is 32.1. The van der Waals surface area contributed by atoms with Gasteiger partial charge in [0.25, 0.3) is 0 Å². The van der Waals surface area contributed by atoms with Crippen LogP contribution < -0.4 is 5.73 Å². The smallest absolute Gasteiger partial charge is 0.0938 e. The summed E-state index contributed by atoms with van der Waals surface area (Å²) < 4.78 is 0. The van der Waals surface area contributed by atoms with Crippen LogP contribution in [0.4, 0.5) is 5.00 Å². The van der Waals surface area contributed by atoms with Gasteiger partial charge in [-0.15, -0.1) is 11.3 Å². The molecule has 2 N–H and O–H groups in total. The van der Waals surface area contributed by atoms with Gasteiger partial charge in [0.15, 0.2) is 0 Å². The standard InChI is InChI=1S/C17H15NS/c1-12-11-16(17(18)19-12)15-9-7-14(8-10-15)13-5-3-2-4-6-13/h2-11H,18H2,1H3. The van der Waals surface area contributed by atoms with Crippen molar-refractivity contribution < 1.29 is 0 Å². The van der Waals surface area contributed by atoms with Crippen molar-refractivity contribution in [3.05, 3.63) is 65.5 Å². The van der Waals surface area contributed by atoms with E-state index in [1.807, 2.05) is 6.07 Å². The predicted molar refractivity (Wildman–Crippen MR) is 84.3 cm³/mol. The SMILES string of the molecule is Cc1cc(-c2ccc(-c3ccccc3)cc2)c(N)s1. The first-order chi connectivity index (χ1) is 9.24. The first-order valence-electron chi connectivity index (χ1n) is 6.26. The molecular weight excluding hydrogens is 250 g/mol. The Hall–Kier alpha value is -2.06. The number of nitrogen functional groups attached to an aromatic ring is 1. The van der Waals surface area contributed by atoms with E-state index < -0.39 is 0 Å². The first kappa shape index (κ1) is 12.0. The highest BCUT2D eigenvalue weighted by Crippen LogP contribution is 2.34. The number of anilines is 1. The number of rotatable bonds is 2. The van der Waals surface area contributed by atoms with Crippen LogP contribution in [0.3, 0.4) is 0 Å². The van der Waals surface area contributed by atoms with Crippen molar-refractivity contribution in [1.29, 1.82) is 0 Å². The second-order valence-electron chi connectivity index (χ2n) is 4.58. The number of hydrogen-bond acceptors (Lipinski definition) is 2. The molecule has 94 valence electrons. The summed E-state index contributed by atoms with van der Waals surface area (Å²) in [5.74, 6) is 0. The molecule has 2 aromatic carbocycles. The summed E-state index contributed by atoms with van der Waals surface area (Å²) in [6, 6.07) is 21.1. The number of nitrogens with two attached hydrogens (primary N) is 1. The van der Waals surface area contributed by atoms with Gasteiger partial charge in [-0.1, -0.05) is 54.6 Å². The lowest BCUT2D eigenvalue weighted by Crippen LogP contribution is -1.84. The van der Waals surface area contributed by atoms with Crippen molar-refractivity contribution in [2.24, 2.45) is 0 Å². The van der Waals surface area contributed by atoms with Gasteiger partial charge < -0.3 is 5.73 Å². The zero-order valence-electron chi connectivity index (χ0n) is 10.8. The maximum Gasteiger partial charge on any atom is 0.0938 e. The van der Waals surface area contributed by atoms with E-state index in [-0.39, 0.29) is 0 Å². The summed E-state index contributed by atoms with van der Waals surface area (Å²) in [6.45, 7) is 2.09. The molecule has 0 aliphatic rings. The molecule has 1 nitrogen and oxygen atoms in total. The summed E-state index contributed by atoms with van der Waals surface area (Å²) in [5.41, 5.74) is 10.8. The highest BCUT2D eigenvalue weighted by molar-refractivity contribution is 7.16. The van der Waals surface area contributed by atoms with Crippen LogP contribution in [0.1, 0.15) is 4.88 Å². The minimum Gasteiger partial charge on any atom is -0.390 e. The molecule has 0 bridgehead atoms. The number of hydrogen-bond donors (Lipinski definition) is 1. The largest absolute Gasteiger partial charge is 0.390 e. The van der Waals surface area contributed by atoms with Crippen molar-refractivity contribution >= 4 is 16.3 Å². The van der Waals surface area contributed by atoms with Crippen molar-refractivity contribution in [2.75, 3.05) is 5.73 Å². The average Bonchev–Trinajstić information content (AvgIpc) is 2.79. The molecule has 3 rings (SSSR count). The van der Waals surface area contributed by atoms with E-state index in [9.17, 15) is 0 Å². The van der Waals surface area contributed by atoms with E-state index in [0.717, 1.165) is 10.6 Å². The van der Waals surface area contributed by atoms with E-state index >= 15 is 0 Å². The molecule has 0 spiro atoms. The molecule has 1 aromatic heterocycles. The Balaban J connectivity index is 1.98. The molecule has 2 heteroatoms. The molecule has 1 heterocycles. The predicted octanol–water partition coefficient (Wildman–Crippen LogP) is 4.97. The maximum atomic E-state index is 6.04. The van der Waals surface area contributed by atoms with Crippen LogP contribution in [0.25, 0.3) is 22.3 Å². The van der Waals surface area contributed by atoms with Crippen molar-refractivity contribution in [3.63, 3.8) is 0 Å². The molecule has 3 aromatic rings. The molecule has 0 aliphatic carbocycles. The Labute approximate surface area is 117 Å². The Kier molecular flexibility index (Phi) is 3.10. The van der Waals surface area contributed by atoms with Gasteiger partial charge in [-0.2, -0.15) is 0 Å². The van der Waals surface area contributed by atoms with Gasteiger partial charge in [-0.3, -0.25) is 0 Å². The third kappa shape index (κ3) is 2.40. The van der Waals surface area contributed by atoms with E-state index in [1.54, 1.807) is 11.3 Å². The van der Waals surface area contributed by atoms with Gasteiger partial charge >= 0.3 is 0 Å². The third-order valence-corrected chi connectivity index (χ3v) is 4.07. The molecule has 0 unspecified atom stereocenters. The quantitative estimate of drug-likeness (QED) is 0.695. The van der Waals surface area contributed by atoms with Crippen LogP contribution in [-0.4, -0.2) is 0 Å². The lowest BCUT2D eigenvalue weighted by atomic mass is 10.0. The van der Waals surface area contributed by atoms with E-state index in [1.165, 1.54) is 21.6 Å². The Bertz CT molecular complexity index is 681. The monoisotopic (exact) mass is 265 g/mol. The number of aryl methyl sites for hydroxylation is 1. The highest BCUT2D eigenvalue weighted by Gasteiger charge is 2.06. The molecular formula is C17H15NS. The normalized spacial score (nSPS) is 10.6. The molecule has 0 atom stereocenters. The van der Waals surface area contributed by atoms with Crippen LogP contribution >= 0.6 is 11.3 Å². The molecule has 0 saturated carbocycles.